The van der Waals surface area contributed by atoms with Crippen molar-refractivity contribution >= 4 is 6.03 Å². The van der Waals surface area contributed by atoms with Crippen LogP contribution in [0, 0.1) is 5.92 Å². The standard InChI is InChI=1S/C15H29N3O2/c1-12(13-6-8-17(2)9-7-13)18(3)15(19)16-11-14-5-4-10-20-14/h12-14H,4-11H2,1-3H3,(H,16,19)/t12-,14-/m0/s1. The summed E-state index contributed by atoms with van der Waals surface area (Å²) in [5.41, 5.74) is 0. The van der Waals surface area contributed by atoms with Gasteiger partial charge in [0.05, 0.1) is 6.10 Å². The normalized spacial score (nSPS) is 26.4. The lowest BCUT2D eigenvalue weighted by Crippen LogP contribution is -2.49. The number of likely N-dealkylation sites (tertiary alicyclic amines) is 1. The second-order valence-electron chi connectivity index (χ2n) is 6.31. The molecule has 0 bridgehead atoms. The Balaban J connectivity index is 1.73. The minimum absolute atomic E-state index is 0.0342. The van der Waals surface area contributed by atoms with Crippen LogP contribution in [0.25, 0.3) is 0 Å². The Kier molecular flexibility index (Phi) is 5.66. The summed E-state index contributed by atoms with van der Waals surface area (Å²) in [6.45, 7) is 5.92. The molecule has 2 aliphatic rings. The largest absolute Gasteiger partial charge is 0.376 e. The molecule has 2 aliphatic heterocycles. The first kappa shape index (κ1) is 15.6. The first-order chi connectivity index (χ1) is 9.58. The third kappa shape index (κ3) is 4.09. The summed E-state index contributed by atoms with van der Waals surface area (Å²) in [6, 6.07) is 0.333. The number of nitrogens with zero attached hydrogens (tertiary/aromatic N) is 2. The van der Waals surface area contributed by atoms with E-state index in [4.69, 9.17) is 4.74 Å². The lowest BCUT2D eigenvalue weighted by atomic mass is 9.90. The molecule has 0 aromatic heterocycles. The number of carbonyl (C=O) groups excluding carboxylic acids is 1. The van der Waals surface area contributed by atoms with E-state index < -0.39 is 0 Å². The van der Waals surface area contributed by atoms with E-state index in [1.807, 2.05) is 11.9 Å². The van der Waals surface area contributed by atoms with Gasteiger partial charge in [-0.15, -0.1) is 0 Å². The van der Waals surface area contributed by atoms with Crippen molar-refractivity contribution in [2.75, 3.05) is 40.3 Å². The molecule has 0 aliphatic carbocycles. The quantitative estimate of drug-likeness (QED) is 0.851. The van der Waals surface area contributed by atoms with Crippen LogP contribution in [0.5, 0.6) is 0 Å². The van der Waals surface area contributed by atoms with Crippen molar-refractivity contribution in [1.82, 2.24) is 15.1 Å². The van der Waals surface area contributed by atoms with Crippen molar-refractivity contribution in [3.8, 4) is 0 Å². The van der Waals surface area contributed by atoms with Crippen LogP contribution in [0.4, 0.5) is 4.79 Å². The van der Waals surface area contributed by atoms with Gasteiger partial charge in [0.15, 0.2) is 0 Å². The van der Waals surface area contributed by atoms with Crippen LogP contribution < -0.4 is 5.32 Å². The highest BCUT2D eigenvalue weighted by Crippen LogP contribution is 2.22. The zero-order chi connectivity index (χ0) is 14.5. The Morgan fingerprint density at radius 2 is 2.10 bits per heavy atom. The molecule has 2 fully saturated rings. The lowest BCUT2D eigenvalue weighted by molar-refractivity contribution is 0.104. The number of urea groups is 1. The zero-order valence-corrected chi connectivity index (χ0v) is 13.1. The molecule has 1 N–H and O–H groups in total. The Morgan fingerprint density at radius 1 is 1.40 bits per heavy atom. The van der Waals surface area contributed by atoms with Crippen molar-refractivity contribution < 1.29 is 9.53 Å². The van der Waals surface area contributed by atoms with E-state index in [0.717, 1.165) is 32.5 Å². The van der Waals surface area contributed by atoms with Crippen LogP contribution in [0.2, 0.25) is 0 Å². The van der Waals surface area contributed by atoms with E-state index in [2.05, 4.69) is 24.2 Å². The van der Waals surface area contributed by atoms with Gasteiger partial charge in [0, 0.05) is 26.2 Å². The molecule has 2 rings (SSSR count). The number of hydrogen-bond acceptors (Lipinski definition) is 3. The average molecular weight is 283 g/mol. The molecule has 0 aromatic rings. The second kappa shape index (κ2) is 7.27. The molecule has 5 heteroatoms. The van der Waals surface area contributed by atoms with Crippen LogP contribution in [0.15, 0.2) is 0 Å². The summed E-state index contributed by atoms with van der Waals surface area (Å²) < 4.78 is 5.53. The molecule has 0 spiro atoms. The molecule has 2 amide bonds. The first-order valence-corrected chi connectivity index (χ1v) is 7.88. The van der Waals surface area contributed by atoms with Gasteiger partial charge in [-0.1, -0.05) is 0 Å². The van der Waals surface area contributed by atoms with Crippen LogP contribution in [0.1, 0.15) is 32.6 Å². The van der Waals surface area contributed by atoms with Crippen LogP contribution >= 0.6 is 0 Å². The molecule has 0 aromatic carbocycles. The molecule has 5 nitrogen and oxygen atoms in total. The number of amides is 2. The maximum atomic E-state index is 12.2. The Morgan fingerprint density at radius 3 is 2.70 bits per heavy atom. The summed E-state index contributed by atoms with van der Waals surface area (Å²) in [5.74, 6) is 0.615. The average Bonchev–Trinajstić information content (AvgIpc) is 2.97. The van der Waals surface area contributed by atoms with Crippen molar-refractivity contribution in [3.63, 3.8) is 0 Å². The summed E-state index contributed by atoms with van der Waals surface area (Å²) >= 11 is 0. The molecule has 2 heterocycles. The van der Waals surface area contributed by atoms with Gasteiger partial charge in [-0.05, 0) is 58.7 Å². The predicted molar refractivity (Wildman–Crippen MR) is 79.8 cm³/mol. The molecule has 2 saturated heterocycles. The predicted octanol–water partition coefficient (Wildman–Crippen LogP) is 1.54. The second-order valence-corrected chi connectivity index (χ2v) is 6.31. The maximum absolute atomic E-state index is 12.2. The van der Waals surface area contributed by atoms with Gasteiger partial charge >= 0.3 is 6.03 Å². The Hall–Kier alpha value is -0.810. The molecular formula is C15H29N3O2. The first-order valence-electron chi connectivity index (χ1n) is 7.88. The minimum Gasteiger partial charge on any atom is -0.376 e. The molecule has 20 heavy (non-hydrogen) atoms. The van der Waals surface area contributed by atoms with E-state index in [-0.39, 0.29) is 12.1 Å². The van der Waals surface area contributed by atoms with Gasteiger partial charge in [0.2, 0.25) is 0 Å². The van der Waals surface area contributed by atoms with Crippen molar-refractivity contribution in [2.45, 2.75) is 44.8 Å². The number of rotatable bonds is 4. The van der Waals surface area contributed by atoms with Crippen LogP contribution in [0.3, 0.4) is 0 Å². The fraction of sp³-hybridized carbons (Fsp3) is 0.933. The third-order valence-corrected chi connectivity index (χ3v) is 4.88. The highest BCUT2D eigenvalue weighted by Gasteiger charge is 2.27. The molecular weight excluding hydrogens is 254 g/mol. The van der Waals surface area contributed by atoms with Crippen molar-refractivity contribution in [3.05, 3.63) is 0 Å². The van der Waals surface area contributed by atoms with Gasteiger partial charge in [0.25, 0.3) is 0 Å². The summed E-state index contributed by atoms with van der Waals surface area (Å²) in [6.07, 6.45) is 4.75. The van der Waals surface area contributed by atoms with E-state index in [9.17, 15) is 4.79 Å². The molecule has 116 valence electrons. The third-order valence-electron chi connectivity index (χ3n) is 4.88. The number of hydrogen-bond donors (Lipinski definition) is 1. The molecule has 0 radical (unpaired) electrons. The zero-order valence-electron chi connectivity index (χ0n) is 13.1. The van der Waals surface area contributed by atoms with Gasteiger partial charge in [0.1, 0.15) is 0 Å². The smallest absolute Gasteiger partial charge is 0.317 e. The SMILES string of the molecule is C[C@@H](C1CCN(C)CC1)N(C)C(=O)NC[C@@H]1CCCO1. The fourth-order valence-corrected chi connectivity index (χ4v) is 3.14. The maximum Gasteiger partial charge on any atom is 0.317 e. The van der Waals surface area contributed by atoms with Crippen LogP contribution in [-0.2, 0) is 4.74 Å². The summed E-state index contributed by atoms with van der Waals surface area (Å²) in [5, 5.41) is 3.00. The monoisotopic (exact) mass is 283 g/mol. The number of carbonyl (C=O) groups is 1. The fourth-order valence-electron chi connectivity index (χ4n) is 3.14. The molecule has 2 atom stereocenters. The lowest BCUT2D eigenvalue weighted by Gasteiger charge is -2.37. The van der Waals surface area contributed by atoms with Crippen molar-refractivity contribution in [2.24, 2.45) is 5.92 Å². The molecule has 0 saturated carbocycles. The Bertz CT molecular complexity index is 310. The minimum atomic E-state index is 0.0342. The highest BCUT2D eigenvalue weighted by atomic mass is 16.5. The highest BCUT2D eigenvalue weighted by molar-refractivity contribution is 5.74. The van der Waals surface area contributed by atoms with Crippen molar-refractivity contribution in [1.29, 1.82) is 0 Å². The Labute approximate surface area is 122 Å². The van der Waals surface area contributed by atoms with E-state index >= 15 is 0 Å². The summed E-state index contributed by atoms with van der Waals surface area (Å²) in [7, 11) is 4.08. The van der Waals surface area contributed by atoms with E-state index in [0.29, 0.717) is 18.5 Å². The molecule has 0 unspecified atom stereocenters. The van der Waals surface area contributed by atoms with Crippen LogP contribution in [-0.4, -0.2) is 68.3 Å². The topological polar surface area (TPSA) is 44.8 Å². The van der Waals surface area contributed by atoms with E-state index in [1.165, 1.54) is 12.8 Å². The van der Waals surface area contributed by atoms with Gasteiger partial charge < -0.3 is 19.9 Å². The summed E-state index contributed by atoms with van der Waals surface area (Å²) in [4.78, 5) is 16.4. The van der Waals surface area contributed by atoms with Gasteiger partial charge in [-0.25, -0.2) is 4.79 Å². The number of piperidine rings is 1. The van der Waals surface area contributed by atoms with Gasteiger partial charge in [-0.2, -0.15) is 0 Å². The number of ether oxygens (including phenoxy) is 1. The van der Waals surface area contributed by atoms with Gasteiger partial charge in [-0.3, -0.25) is 0 Å². The number of nitrogens with one attached hydrogen (secondary N) is 1. The van der Waals surface area contributed by atoms with E-state index in [1.54, 1.807) is 0 Å².